The maximum atomic E-state index is 11.2. The maximum Gasteiger partial charge on any atom is 0.324 e. The minimum Gasteiger partial charge on any atom is -0.480 e. The molecule has 0 aromatic rings. The fourth-order valence-corrected chi connectivity index (χ4v) is 1.61. The van der Waals surface area contributed by atoms with Gasteiger partial charge in [-0.05, 0) is 19.9 Å². The number of hydrogen-bond donors (Lipinski definition) is 2. The van der Waals surface area contributed by atoms with Gasteiger partial charge >= 0.3 is 11.9 Å². The average Bonchev–Trinajstić information content (AvgIpc) is 2.47. The highest BCUT2D eigenvalue weighted by Crippen LogP contribution is 2.27. The highest BCUT2D eigenvalue weighted by molar-refractivity contribution is 5.87. The van der Waals surface area contributed by atoms with Crippen LogP contribution in [0.1, 0.15) is 13.3 Å². The zero-order chi connectivity index (χ0) is 10.1. The van der Waals surface area contributed by atoms with E-state index in [1.54, 1.807) is 0 Å². The van der Waals surface area contributed by atoms with Crippen molar-refractivity contribution in [2.45, 2.75) is 18.9 Å². The molecule has 1 rings (SSSR count). The number of aliphatic carboxylic acids is 1. The Morgan fingerprint density at radius 1 is 1.62 bits per heavy atom. The van der Waals surface area contributed by atoms with Gasteiger partial charge in [-0.1, -0.05) is 0 Å². The Balaban J connectivity index is 2.85. The normalized spacial score (nSPS) is 32.9. The molecule has 0 radical (unpaired) electrons. The molecule has 0 saturated carbocycles. The van der Waals surface area contributed by atoms with Crippen LogP contribution in [0.4, 0.5) is 0 Å². The molecule has 1 unspecified atom stereocenters. The molecule has 5 nitrogen and oxygen atoms in total. The third-order valence-electron chi connectivity index (χ3n) is 2.55. The molecule has 0 aromatic heterocycles. The number of esters is 1. The van der Waals surface area contributed by atoms with Gasteiger partial charge in [0.05, 0.1) is 13.0 Å². The first-order valence-electron chi connectivity index (χ1n) is 4.08. The van der Waals surface area contributed by atoms with E-state index in [0.717, 1.165) is 0 Å². The van der Waals surface area contributed by atoms with Gasteiger partial charge in [0, 0.05) is 0 Å². The topological polar surface area (TPSA) is 75.6 Å². The van der Waals surface area contributed by atoms with Gasteiger partial charge in [0.15, 0.2) is 0 Å². The van der Waals surface area contributed by atoms with E-state index >= 15 is 0 Å². The van der Waals surface area contributed by atoms with Crippen molar-refractivity contribution < 1.29 is 19.4 Å². The maximum absolute atomic E-state index is 11.2. The van der Waals surface area contributed by atoms with E-state index in [2.05, 4.69) is 10.1 Å². The summed E-state index contributed by atoms with van der Waals surface area (Å²) in [4.78, 5) is 22.1. The summed E-state index contributed by atoms with van der Waals surface area (Å²) in [5.41, 5.74) is -1.17. The summed E-state index contributed by atoms with van der Waals surface area (Å²) in [5, 5.41) is 11.7. The first-order chi connectivity index (χ1) is 6.02. The molecular formula is C8H13NO4. The summed E-state index contributed by atoms with van der Waals surface area (Å²) >= 11 is 0. The molecule has 1 aliphatic heterocycles. The van der Waals surface area contributed by atoms with E-state index in [4.69, 9.17) is 5.11 Å². The molecule has 0 aliphatic carbocycles. The van der Waals surface area contributed by atoms with Gasteiger partial charge in [-0.2, -0.15) is 0 Å². The SMILES string of the molecule is COC(=O)C1CCN[C@]1(C)C(=O)O. The van der Waals surface area contributed by atoms with Gasteiger partial charge in [-0.3, -0.25) is 9.59 Å². The second kappa shape index (κ2) is 3.33. The average molecular weight is 187 g/mol. The predicted octanol–water partition coefficient (Wildman–Crippen LogP) is -0.388. The van der Waals surface area contributed by atoms with Crippen molar-refractivity contribution in [2.24, 2.45) is 5.92 Å². The van der Waals surface area contributed by atoms with Crippen LogP contribution in [0, 0.1) is 5.92 Å². The van der Waals surface area contributed by atoms with Gasteiger partial charge in [-0.15, -0.1) is 0 Å². The number of hydrogen-bond acceptors (Lipinski definition) is 4. The van der Waals surface area contributed by atoms with Crippen molar-refractivity contribution in [3.05, 3.63) is 0 Å². The van der Waals surface area contributed by atoms with Gasteiger partial charge in [-0.25, -0.2) is 0 Å². The molecule has 0 bridgehead atoms. The van der Waals surface area contributed by atoms with Crippen LogP contribution < -0.4 is 5.32 Å². The molecule has 0 amide bonds. The zero-order valence-corrected chi connectivity index (χ0v) is 7.66. The number of rotatable bonds is 2. The van der Waals surface area contributed by atoms with Crippen molar-refractivity contribution in [2.75, 3.05) is 13.7 Å². The standard InChI is InChI=1S/C8H13NO4/c1-8(7(11)12)5(3-4-9-8)6(10)13-2/h5,9H,3-4H2,1-2H3,(H,11,12)/t5?,8-/m0/s1. The molecule has 13 heavy (non-hydrogen) atoms. The molecule has 2 atom stereocenters. The van der Waals surface area contributed by atoms with Crippen LogP contribution in [0.25, 0.3) is 0 Å². The van der Waals surface area contributed by atoms with Crippen LogP contribution in [0.2, 0.25) is 0 Å². The number of ether oxygens (including phenoxy) is 1. The lowest BCUT2D eigenvalue weighted by atomic mass is 9.87. The fraction of sp³-hybridized carbons (Fsp3) is 0.750. The van der Waals surface area contributed by atoms with Gasteiger partial charge < -0.3 is 15.2 Å². The second-order valence-electron chi connectivity index (χ2n) is 3.30. The summed E-state index contributed by atoms with van der Waals surface area (Å²) in [7, 11) is 1.27. The highest BCUT2D eigenvalue weighted by atomic mass is 16.5. The summed E-state index contributed by atoms with van der Waals surface area (Å²) in [5.74, 6) is -2.06. The molecular weight excluding hydrogens is 174 g/mol. The van der Waals surface area contributed by atoms with Crippen molar-refractivity contribution in [3.63, 3.8) is 0 Å². The predicted molar refractivity (Wildman–Crippen MR) is 44.2 cm³/mol. The van der Waals surface area contributed by atoms with Crippen molar-refractivity contribution in [3.8, 4) is 0 Å². The lowest BCUT2D eigenvalue weighted by molar-refractivity contribution is -0.156. The summed E-state index contributed by atoms with van der Waals surface area (Å²) < 4.78 is 4.54. The molecule has 5 heteroatoms. The first-order valence-corrected chi connectivity index (χ1v) is 4.08. The van der Waals surface area contributed by atoms with Crippen LogP contribution in [-0.2, 0) is 14.3 Å². The van der Waals surface area contributed by atoms with E-state index < -0.39 is 23.4 Å². The van der Waals surface area contributed by atoms with Gasteiger partial charge in [0.25, 0.3) is 0 Å². The smallest absolute Gasteiger partial charge is 0.324 e. The lowest BCUT2D eigenvalue weighted by Crippen LogP contribution is -2.51. The fourth-order valence-electron chi connectivity index (χ4n) is 1.61. The van der Waals surface area contributed by atoms with E-state index in [1.165, 1.54) is 14.0 Å². The van der Waals surface area contributed by atoms with E-state index in [0.29, 0.717) is 13.0 Å². The highest BCUT2D eigenvalue weighted by Gasteiger charge is 2.49. The van der Waals surface area contributed by atoms with Crippen LogP contribution in [0.3, 0.4) is 0 Å². The minimum atomic E-state index is -1.17. The lowest BCUT2D eigenvalue weighted by Gasteiger charge is -2.24. The van der Waals surface area contributed by atoms with Gasteiger partial charge in [0.1, 0.15) is 5.54 Å². The summed E-state index contributed by atoms with van der Waals surface area (Å²) in [6.07, 6.45) is 0.509. The Morgan fingerprint density at radius 3 is 2.69 bits per heavy atom. The number of carboxylic acids is 1. The Bertz CT molecular complexity index is 240. The third kappa shape index (κ3) is 1.51. The largest absolute Gasteiger partial charge is 0.480 e. The number of carboxylic acid groups (broad SMARTS) is 1. The number of carbonyl (C=O) groups is 2. The van der Waals surface area contributed by atoms with E-state index in [1.807, 2.05) is 0 Å². The Labute approximate surface area is 76.1 Å². The monoisotopic (exact) mass is 187 g/mol. The Hall–Kier alpha value is -1.10. The first kappa shape index (κ1) is 9.98. The molecule has 0 spiro atoms. The van der Waals surface area contributed by atoms with Gasteiger partial charge in [0.2, 0.25) is 0 Å². The van der Waals surface area contributed by atoms with E-state index in [-0.39, 0.29) is 0 Å². The summed E-state index contributed by atoms with van der Waals surface area (Å²) in [6.45, 7) is 2.03. The van der Waals surface area contributed by atoms with Crippen LogP contribution >= 0.6 is 0 Å². The molecule has 1 fully saturated rings. The van der Waals surface area contributed by atoms with Crippen LogP contribution in [0.15, 0.2) is 0 Å². The number of carbonyl (C=O) groups excluding carboxylic acids is 1. The minimum absolute atomic E-state index is 0.463. The Morgan fingerprint density at radius 2 is 2.23 bits per heavy atom. The molecule has 1 heterocycles. The molecule has 1 saturated heterocycles. The Kier molecular flexibility index (Phi) is 2.56. The van der Waals surface area contributed by atoms with Crippen molar-refractivity contribution in [1.82, 2.24) is 5.32 Å². The number of methoxy groups -OCH3 is 1. The molecule has 0 aromatic carbocycles. The molecule has 2 N–H and O–H groups in total. The van der Waals surface area contributed by atoms with Crippen molar-refractivity contribution >= 4 is 11.9 Å². The molecule has 74 valence electrons. The second-order valence-corrected chi connectivity index (χ2v) is 3.30. The third-order valence-corrected chi connectivity index (χ3v) is 2.55. The van der Waals surface area contributed by atoms with Crippen molar-refractivity contribution in [1.29, 1.82) is 0 Å². The number of nitrogens with one attached hydrogen (secondary N) is 1. The van der Waals surface area contributed by atoms with Crippen LogP contribution in [-0.4, -0.2) is 36.2 Å². The zero-order valence-electron chi connectivity index (χ0n) is 7.66. The summed E-state index contributed by atoms with van der Waals surface area (Å²) in [6, 6.07) is 0. The molecule has 1 aliphatic rings. The quantitative estimate of drug-likeness (QED) is 0.576. The van der Waals surface area contributed by atoms with E-state index in [9.17, 15) is 9.59 Å². The van der Waals surface area contributed by atoms with Crippen LogP contribution in [0.5, 0.6) is 0 Å².